The predicted molar refractivity (Wildman–Crippen MR) is 75.7 cm³/mol. The Bertz CT molecular complexity index is 522. The summed E-state index contributed by atoms with van der Waals surface area (Å²) >= 11 is 0. The summed E-state index contributed by atoms with van der Waals surface area (Å²) in [6.07, 6.45) is 1.96. The highest BCUT2D eigenvalue weighted by Gasteiger charge is 2.28. The number of hydrogen-bond donors (Lipinski definition) is 0. The fourth-order valence-corrected chi connectivity index (χ4v) is 3.86. The topological polar surface area (TPSA) is 46.6 Å². The van der Waals surface area contributed by atoms with Gasteiger partial charge in [-0.3, -0.25) is 0 Å². The number of rotatable bonds is 5. The van der Waals surface area contributed by atoms with Crippen molar-refractivity contribution in [1.82, 2.24) is 4.31 Å². The summed E-state index contributed by atoms with van der Waals surface area (Å²) in [5, 5.41) is 0. The molecule has 0 amide bonds. The molecule has 0 bridgehead atoms. The molecule has 1 fully saturated rings. The third-order valence-electron chi connectivity index (χ3n) is 3.37. The molecule has 0 atom stereocenters. The monoisotopic (exact) mass is 301 g/mol. The zero-order chi connectivity index (χ0) is 14.6. The first kappa shape index (κ1) is 15.3. The molecule has 1 heterocycles. The fourth-order valence-electron chi connectivity index (χ4n) is 2.32. The summed E-state index contributed by atoms with van der Waals surface area (Å²) < 4.78 is 43.9. The van der Waals surface area contributed by atoms with Crippen molar-refractivity contribution in [1.29, 1.82) is 0 Å². The van der Waals surface area contributed by atoms with Gasteiger partial charge >= 0.3 is 0 Å². The van der Waals surface area contributed by atoms with Crippen molar-refractivity contribution in [3.63, 3.8) is 0 Å². The van der Waals surface area contributed by atoms with Gasteiger partial charge in [-0.15, -0.1) is 0 Å². The van der Waals surface area contributed by atoms with Gasteiger partial charge in [0.25, 0.3) is 0 Å². The van der Waals surface area contributed by atoms with Crippen LogP contribution in [0.1, 0.15) is 26.2 Å². The van der Waals surface area contributed by atoms with Gasteiger partial charge < -0.3 is 4.74 Å². The van der Waals surface area contributed by atoms with E-state index in [0.717, 1.165) is 0 Å². The fraction of sp³-hybridized carbons (Fsp3) is 0.571. The van der Waals surface area contributed by atoms with Crippen molar-refractivity contribution in [2.24, 2.45) is 0 Å². The summed E-state index contributed by atoms with van der Waals surface area (Å²) in [5.74, 6) is 0.537. The molecule has 0 unspecified atom stereocenters. The minimum Gasteiger partial charge on any atom is -0.490 e. The summed E-state index contributed by atoms with van der Waals surface area (Å²) in [6, 6.07) is 5.90. The molecule has 0 spiro atoms. The van der Waals surface area contributed by atoms with E-state index >= 15 is 0 Å². The Morgan fingerprint density at radius 2 is 1.85 bits per heavy atom. The molecule has 6 heteroatoms. The van der Waals surface area contributed by atoms with Gasteiger partial charge in [-0.2, -0.15) is 0 Å². The van der Waals surface area contributed by atoms with Crippen molar-refractivity contribution in [3.05, 3.63) is 30.1 Å². The van der Waals surface area contributed by atoms with E-state index in [2.05, 4.69) is 0 Å². The molecular weight excluding hydrogens is 281 g/mol. The summed E-state index contributed by atoms with van der Waals surface area (Å²) in [7, 11) is -3.11. The molecule has 0 N–H and O–H groups in total. The third-order valence-corrected chi connectivity index (χ3v) is 5.45. The maximum atomic E-state index is 12.8. The van der Waals surface area contributed by atoms with Crippen molar-refractivity contribution >= 4 is 10.0 Å². The van der Waals surface area contributed by atoms with E-state index < -0.39 is 10.0 Å². The molecule has 20 heavy (non-hydrogen) atoms. The van der Waals surface area contributed by atoms with Crippen LogP contribution in [0.4, 0.5) is 4.39 Å². The van der Waals surface area contributed by atoms with E-state index in [1.807, 2.05) is 6.92 Å². The van der Waals surface area contributed by atoms with Crippen LogP contribution in [0.3, 0.4) is 0 Å². The lowest BCUT2D eigenvalue weighted by Gasteiger charge is -2.31. The van der Waals surface area contributed by atoms with Crippen LogP contribution in [-0.2, 0) is 10.0 Å². The van der Waals surface area contributed by atoms with Crippen molar-refractivity contribution in [2.45, 2.75) is 32.3 Å². The molecule has 0 aliphatic carbocycles. The number of halogens is 1. The number of benzene rings is 1. The highest BCUT2D eigenvalue weighted by atomic mass is 32.2. The Kier molecular flexibility index (Phi) is 4.99. The van der Waals surface area contributed by atoms with Crippen LogP contribution in [0, 0.1) is 5.82 Å². The average molecular weight is 301 g/mol. The zero-order valence-corrected chi connectivity index (χ0v) is 12.4. The molecule has 0 aromatic heterocycles. The third kappa shape index (κ3) is 3.93. The van der Waals surface area contributed by atoms with Gasteiger partial charge in [0.05, 0.1) is 5.75 Å². The molecule has 0 saturated carbocycles. The first-order valence-corrected chi connectivity index (χ1v) is 8.52. The Morgan fingerprint density at radius 1 is 1.25 bits per heavy atom. The van der Waals surface area contributed by atoms with Crippen molar-refractivity contribution in [2.75, 3.05) is 18.8 Å². The lowest BCUT2D eigenvalue weighted by Crippen LogP contribution is -2.42. The normalized spacial score (nSPS) is 18.1. The van der Waals surface area contributed by atoms with Crippen LogP contribution in [0.25, 0.3) is 0 Å². The summed E-state index contributed by atoms with van der Waals surface area (Å²) in [5.41, 5.74) is 0. The SMILES string of the molecule is CCCS(=O)(=O)N1CCC(Oc2ccc(F)cc2)CC1. The maximum absolute atomic E-state index is 12.8. The summed E-state index contributed by atoms with van der Waals surface area (Å²) in [4.78, 5) is 0. The Balaban J connectivity index is 1.87. The van der Waals surface area contributed by atoms with Crippen molar-refractivity contribution in [3.8, 4) is 5.75 Å². The van der Waals surface area contributed by atoms with Crippen LogP contribution in [0.15, 0.2) is 24.3 Å². The number of nitrogens with zero attached hydrogens (tertiary/aromatic N) is 1. The number of piperidine rings is 1. The lowest BCUT2D eigenvalue weighted by atomic mass is 10.1. The van der Waals surface area contributed by atoms with E-state index in [4.69, 9.17) is 4.74 Å². The van der Waals surface area contributed by atoms with Gasteiger partial charge in [-0.1, -0.05) is 6.92 Å². The molecule has 1 aromatic rings. The standard InChI is InChI=1S/C14H20FNO3S/c1-2-11-20(17,18)16-9-7-14(8-10-16)19-13-5-3-12(15)4-6-13/h3-6,14H,2,7-11H2,1H3. The van der Waals surface area contributed by atoms with E-state index in [1.165, 1.54) is 12.1 Å². The predicted octanol–water partition coefficient (Wildman–Crippen LogP) is 2.41. The quantitative estimate of drug-likeness (QED) is 0.839. The Morgan fingerprint density at radius 3 is 2.40 bits per heavy atom. The first-order chi connectivity index (χ1) is 9.51. The van der Waals surface area contributed by atoms with E-state index in [-0.39, 0.29) is 17.7 Å². The van der Waals surface area contributed by atoms with Gasteiger partial charge in [0.2, 0.25) is 10.0 Å². The lowest BCUT2D eigenvalue weighted by molar-refractivity contribution is 0.135. The van der Waals surface area contributed by atoms with Gasteiger partial charge in [0.1, 0.15) is 17.7 Å². The smallest absolute Gasteiger partial charge is 0.214 e. The molecule has 0 radical (unpaired) electrons. The molecule has 4 nitrogen and oxygen atoms in total. The van der Waals surface area contributed by atoms with Crippen LogP contribution < -0.4 is 4.74 Å². The minimum absolute atomic E-state index is 0.00598. The molecule has 1 aromatic carbocycles. The van der Waals surface area contributed by atoms with Crippen molar-refractivity contribution < 1.29 is 17.5 Å². The van der Waals surface area contributed by atoms with Gasteiger partial charge in [-0.05, 0) is 43.5 Å². The zero-order valence-electron chi connectivity index (χ0n) is 11.6. The van der Waals surface area contributed by atoms with E-state index in [1.54, 1.807) is 16.4 Å². The highest BCUT2D eigenvalue weighted by Crippen LogP contribution is 2.21. The average Bonchev–Trinajstić information content (AvgIpc) is 2.42. The minimum atomic E-state index is -3.11. The van der Waals surface area contributed by atoms with E-state index in [0.29, 0.717) is 38.1 Å². The molecule has 112 valence electrons. The van der Waals surface area contributed by atoms with Gasteiger partial charge in [0, 0.05) is 13.1 Å². The van der Waals surface area contributed by atoms with Gasteiger partial charge in [0.15, 0.2) is 0 Å². The summed E-state index contributed by atoms with van der Waals surface area (Å²) in [6.45, 7) is 2.85. The molecule has 1 saturated heterocycles. The second-order valence-corrected chi connectivity index (χ2v) is 7.07. The van der Waals surface area contributed by atoms with Crippen LogP contribution in [-0.4, -0.2) is 37.7 Å². The largest absolute Gasteiger partial charge is 0.490 e. The van der Waals surface area contributed by atoms with Crippen LogP contribution in [0.5, 0.6) is 5.75 Å². The van der Waals surface area contributed by atoms with Gasteiger partial charge in [-0.25, -0.2) is 17.1 Å². The first-order valence-electron chi connectivity index (χ1n) is 6.91. The molecule has 1 aliphatic rings. The molecule has 2 rings (SSSR count). The Labute approximate surface area is 119 Å². The highest BCUT2D eigenvalue weighted by molar-refractivity contribution is 7.89. The second-order valence-electron chi connectivity index (χ2n) is 4.99. The number of ether oxygens (including phenoxy) is 1. The molecule has 1 aliphatic heterocycles. The Hall–Kier alpha value is -1.14. The van der Waals surface area contributed by atoms with E-state index in [9.17, 15) is 12.8 Å². The number of sulfonamides is 1. The number of hydrogen-bond acceptors (Lipinski definition) is 3. The van der Waals surface area contributed by atoms with Crippen LogP contribution in [0.2, 0.25) is 0 Å². The molecular formula is C14H20FNO3S. The maximum Gasteiger partial charge on any atom is 0.214 e. The second kappa shape index (κ2) is 6.54. The van der Waals surface area contributed by atoms with Crippen LogP contribution >= 0.6 is 0 Å².